The second kappa shape index (κ2) is 14.8. The Labute approximate surface area is 252 Å². The summed E-state index contributed by atoms with van der Waals surface area (Å²) in [7, 11) is -4.03. The van der Waals surface area contributed by atoms with Crippen molar-refractivity contribution in [1.29, 1.82) is 0 Å². The molecule has 43 heavy (non-hydrogen) atoms. The fourth-order valence-corrected chi connectivity index (χ4v) is 5.64. The molecule has 0 aliphatic carbocycles. The van der Waals surface area contributed by atoms with E-state index in [1.54, 1.807) is 48.5 Å². The first kappa shape index (κ1) is 31.0. The van der Waals surface area contributed by atoms with Gasteiger partial charge in [-0.3, -0.25) is 13.9 Å². The van der Waals surface area contributed by atoms with Crippen LogP contribution in [-0.2, 0) is 32.6 Å². The molecule has 0 atom stereocenters. The number of nitrogens with one attached hydrogen (secondary N) is 2. The normalized spacial score (nSPS) is 11.2. The summed E-state index contributed by atoms with van der Waals surface area (Å²) in [4.78, 5) is 25.1. The van der Waals surface area contributed by atoms with Crippen LogP contribution in [-0.4, -0.2) is 39.6 Å². The third-order valence-electron chi connectivity index (χ3n) is 6.52. The smallest absolute Gasteiger partial charge is 0.264 e. The summed E-state index contributed by atoms with van der Waals surface area (Å²) in [6, 6.07) is 30.0. The fourth-order valence-electron chi connectivity index (χ4n) is 4.18. The van der Waals surface area contributed by atoms with Crippen molar-refractivity contribution < 1.29 is 22.7 Å². The first-order valence-corrected chi connectivity index (χ1v) is 15.2. The summed E-state index contributed by atoms with van der Waals surface area (Å²) >= 11 is 0. The average Bonchev–Trinajstić information content (AvgIpc) is 3.03. The summed E-state index contributed by atoms with van der Waals surface area (Å²) in [5.74, 6) is -0.334. The number of hydrogen-bond donors (Lipinski definition) is 2. The van der Waals surface area contributed by atoms with E-state index in [1.165, 1.54) is 18.3 Å². The predicted molar refractivity (Wildman–Crippen MR) is 167 cm³/mol. The number of hydrogen-bond acceptors (Lipinski definition) is 6. The molecule has 0 heterocycles. The van der Waals surface area contributed by atoms with E-state index in [-0.39, 0.29) is 17.4 Å². The van der Waals surface area contributed by atoms with Crippen molar-refractivity contribution in [3.8, 4) is 5.75 Å². The molecule has 9 nitrogen and oxygen atoms in total. The summed E-state index contributed by atoms with van der Waals surface area (Å²) in [5, 5.41) is 6.81. The lowest BCUT2D eigenvalue weighted by Crippen LogP contribution is -2.40. The summed E-state index contributed by atoms with van der Waals surface area (Å²) in [6.45, 7) is 3.64. The minimum atomic E-state index is -4.03. The predicted octanol–water partition coefficient (Wildman–Crippen LogP) is 4.60. The number of carbonyl (C=O) groups excluding carboxylic acids is 2. The minimum Gasteiger partial charge on any atom is -0.484 e. The van der Waals surface area contributed by atoms with Crippen LogP contribution in [0.5, 0.6) is 5.75 Å². The molecule has 222 valence electrons. The molecule has 0 saturated carbocycles. The Morgan fingerprint density at radius 3 is 2.23 bits per heavy atom. The molecule has 0 radical (unpaired) electrons. The number of para-hydroxylation sites is 1. The van der Waals surface area contributed by atoms with Gasteiger partial charge < -0.3 is 10.1 Å². The van der Waals surface area contributed by atoms with Crippen LogP contribution in [0.25, 0.3) is 0 Å². The standard InChI is InChI=1S/C33H34N4O5S/c1-3-28-11-7-8-12-31(28)37(43(40,41)30-19-13-25(2)14-20-30)23-32(38)36-35-22-27-15-17-29(18-16-27)42-24-33(39)34-21-26-9-5-4-6-10-26/h4-20,22H,3,21,23-24H2,1-2H3,(H,34,39)(H,36,38)/b35-22-. The summed E-state index contributed by atoms with van der Waals surface area (Å²) in [6.07, 6.45) is 2.03. The van der Waals surface area contributed by atoms with Crippen LogP contribution in [0, 0.1) is 6.92 Å². The van der Waals surface area contributed by atoms with Crippen LogP contribution in [0.15, 0.2) is 113 Å². The van der Waals surface area contributed by atoms with E-state index in [9.17, 15) is 18.0 Å². The van der Waals surface area contributed by atoms with Crippen molar-refractivity contribution in [3.63, 3.8) is 0 Å². The number of sulfonamides is 1. The van der Waals surface area contributed by atoms with Crippen LogP contribution in [0.1, 0.15) is 29.2 Å². The Hall–Kier alpha value is -4.96. The third kappa shape index (κ3) is 8.76. The maximum atomic E-state index is 13.6. The Kier molecular flexibility index (Phi) is 10.7. The zero-order valence-electron chi connectivity index (χ0n) is 24.1. The molecule has 0 aliphatic rings. The van der Waals surface area contributed by atoms with Crippen molar-refractivity contribution >= 4 is 33.7 Å². The topological polar surface area (TPSA) is 117 Å². The third-order valence-corrected chi connectivity index (χ3v) is 8.30. The van der Waals surface area contributed by atoms with Gasteiger partial charge in [-0.25, -0.2) is 13.8 Å². The molecule has 2 N–H and O–H groups in total. The summed E-state index contributed by atoms with van der Waals surface area (Å²) in [5.41, 5.74) is 6.25. The van der Waals surface area contributed by atoms with E-state index in [2.05, 4.69) is 15.8 Å². The first-order valence-electron chi connectivity index (χ1n) is 13.8. The number of rotatable bonds is 13. The van der Waals surface area contributed by atoms with Crippen molar-refractivity contribution in [2.45, 2.75) is 31.7 Å². The van der Waals surface area contributed by atoms with Crippen molar-refractivity contribution in [1.82, 2.24) is 10.7 Å². The molecule has 0 spiro atoms. The molecule has 0 unspecified atom stereocenters. The fraction of sp³-hybridized carbons (Fsp3) is 0.182. The van der Waals surface area contributed by atoms with E-state index in [1.807, 2.05) is 56.3 Å². The molecule has 0 bridgehead atoms. The van der Waals surface area contributed by atoms with Gasteiger partial charge in [0.15, 0.2) is 6.61 Å². The molecule has 0 aromatic heterocycles. The lowest BCUT2D eigenvalue weighted by atomic mass is 10.1. The molecule has 4 rings (SSSR count). The Bertz CT molecular complexity index is 1660. The molecule has 0 aliphatic heterocycles. The van der Waals surface area contributed by atoms with Gasteiger partial charge in [0.25, 0.3) is 21.8 Å². The van der Waals surface area contributed by atoms with Gasteiger partial charge in [0.2, 0.25) is 0 Å². The highest BCUT2D eigenvalue weighted by atomic mass is 32.2. The zero-order valence-corrected chi connectivity index (χ0v) is 24.9. The first-order chi connectivity index (χ1) is 20.8. The molecule has 0 fully saturated rings. The van der Waals surface area contributed by atoms with Gasteiger partial charge in [-0.2, -0.15) is 5.10 Å². The average molecular weight is 599 g/mol. The van der Waals surface area contributed by atoms with Crippen LogP contribution >= 0.6 is 0 Å². The molecule has 4 aromatic rings. The number of carbonyl (C=O) groups is 2. The highest BCUT2D eigenvalue weighted by Crippen LogP contribution is 2.27. The van der Waals surface area contributed by atoms with Gasteiger partial charge in [0.1, 0.15) is 12.3 Å². The van der Waals surface area contributed by atoms with Crippen LogP contribution in [0.4, 0.5) is 5.69 Å². The maximum Gasteiger partial charge on any atom is 0.264 e. The SMILES string of the molecule is CCc1ccccc1N(CC(=O)N/N=C\c1ccc(OCC(=O)NCc2ccccc2)cc1)S(=O)(=O)c1ccc(C)cc1. The van der Waals surface area contributed by atoms with Gasteiger partial charge in [-0.1, -0.05) is 73.2 Å². The lowest BCUT2D eigenvalue weighted by Gasteiger charge is -2.25. The molecular weight excluding hydrogens is 564 g/mol. The highest BCUT2D eigenvalue weighted by Gasteiger charge is 2.28. The van der Waals surface area contributed by atoms with Gasteiger partial charge in [-0.05, 0) is 72.5 Å². The van der Waals surface area contributed by atoms with E-state index < -0.39 is 22.5 Å². The lowest BCUT2D eigenvalue weighted by molar-refractivity contribution is -0.123. The second-order valence-electron chi connectivity index (χ2n) is 9.72. The molecular formula is C33H34N4O5S. The number of amides is 2. The Balaban J connectivity index is 1.35. The van der Waals surface area contributed by atoms with E-state index in [0.29, 0.717) is 30.0 Å². The highest BCUT2D eigenvalue weighted by molar-refractivity contribution is 7.92. The van der Waals surface area contributed by atoms with Crippen LogP contribution in [0.2, 0.25) is 0 Å². The number of aryl methyl sites for hydroxylation is 2. The van der Waals surface area contributed by atoms with E-state index in [0.717, 1.165) is 21.0 Å². The molecule has 10 heteroatoms. The molecule has 0 saturated heterocycles. The second-order valence-corrected chi connectivity index (χ2v) is 11.6. The minimum absolute atomic E-state index is 0.0938. The maximum absolute atomic E-state index is 13.6. The van der Waals surface area contributed by atoms with Crippen molar-refractivity contribution in [2.75, 3.05) is 17.5 Å². The molecule has 2 amide bonds. The van der Waals surface area contributed by atoms with Crippen LogP contribution in [0.3, 0.4) is 0 Å². The largest absolute Gasteiger partial charge is 0.484 e. The van der Waals surface area contributed by atoms with Gasteiger partial charge in [0, 0.05) is 6.54 Å². The quantitative estimate of drug-likeness (QED) is 0.172. The van der Waals surface area contributed by atoms with Gasteiger partial charge in [-0.15, -0.1) is 0 Å². The number of hydrazone groups is 1. The zero-order chi connectivity index (χ0) is 30.7. The van der Waals surface area contributed by atoms with Crippen molar-refractivity contribution in [2.24, 2.45) is 5.10 Å². The number of anilines is 1. The Morgan fingerprint density at radius 2 is 1.53 bits per heavy atom. The van der Waals surface area contributed by atoms with Crippen molar-refractivity contribution in [3.05, 3.63) is 125 Å². The van der Waals surface area contributed by atoms with E-state index >= 15 is 0 Å². The number of ether oxygens (including phenoxy) is 1. The van der Waals surface area contributed by atoms with Gasteiger partial charge >= 0.3 is 0 Å². The van der Waals surface area contributed by atoms with Gasteiger partial charge in [0.05, 0.1) is 16.8 Å². The van der Waals surface area contributed by atoms with Crippen LogP contribution < -0.4 is 19.8 Å². The summed E-state index contributed by atoms with van der Waals surface area (Å²) < 4.78 is 33.9. The number of nitrogens with zero attached hydrogens (tertiary/aromatic N) is 2. The number of benzene rings is 4. The molecule has 4 aromatic carbocycles. The van der Waals surface area contributed by atoms with E-state index in [4.69, 9.17) is 4.74 Å². The Morgan fingerprint density at radius 1 is 0.860 bits per heavy atom. The monoisotopic (exact) mass is 598 g/mol.